The first kappa shape index (κ1) is 20.3. The highest BCUT2D eigenvalue weighted by atomic mass is 16.1. The van der Waals surface area contributed by atoms with Crippen LogP contribution in [0.5, 0.6) is 0 Å². The predicted octanol–water partition coefficient (Wildman–Crippen LogP) is 4.82. The maximum absolute atomic E-state index is 12.9. The van der Waals surface area contributed by atoms with Crippen molar-refractivity contribution in [2.24, 2.45) is 0 Å². The molecule has 2 aromatic carbocycles. The number of aryl methyl sites for hydroxylation is 1. The fourth-order valence-electron chi connectivity index (χ4n) is 3.54. The van der Waals surface area contributed by atoms with E-state index in [2.05, 4.69) is 30.7 Å². The topological polar surface area (TPSA) is 97.6 Å². The number of para-hydroxylation sites is 1. The van der Waals surface area contributed by atoms with Crippen LogP contribution in [0.2, 0.25) is 0 Å². The number of nitrogens with one attached hydrogen (secondary N) is 2. The monoisotopic (exact) mass is 435 g/mol. The van der Waals surface area contributed by atoms with E-state index in [0.29, 0.717) is 28.6 Å². The van der Waals surface area contributed by atoms with E-state index in [1.807, 2.05) is 80.6 Å². The highest BCUT2D eigenvalue weighted by molar-refractivity contribution is 6.05. The number of fused-ring (bicyclic) bond motifs is 1. The number of aromatic nitrogens is 5. The molecular formula is C25H21N7O. The highest BCUT2D eigenvalue weighted by Crippen LogP contribution is 2.20. The van der Waals surface area contributed by atoms with Crippen molar-refractivity contribution >= 4 is 34.0 Å². The van der Waals surface area contributed by atoms with Crippen molar-refractivity contribution in [1.82, 2.24) is 24.7 Å². The average molecular weight is 435 g/mol. The normalized spacial score (nSPS) is 10.8. The van der Waals surface area contributed by atoms with Gasteiger partial charge in [0.25, 0.3) is 5.91 Å². The second-order valence-electron chi connectivity index (χ2n) is 7.62. The predicted molar refractivity (Wildman–Crippen MR) is 128 cm³/mol. The van der Waals surface area contributed by atoms with Gasteiger partial charge in [0.2, 0.25) is 0 Å². The van der Waals surface area contributed by atoms with E-state index in [1.54, 1.807) is 10.9 Å². The molecule has 0 saturated carbocycles. The standard InChI is InChI=1S/C25H21N7O/c1-16-13-23(27-15-26-16)29-19-8-10-20(11-9-19)30-25(33)21-14-28-32(17(21)2)24-12-7-18-5-3-4-6-22(18)31-24/h3-15H,1-2H3,(H,30,33)(H,26,27,29). The molecule has 0 aliphatic heterocycles. The zero-order valence-electron chi connectivity index (χ0n) is 18.1. The van der Waals surface area contributed by atoms with Gasteiger partial charge in [0.05, 0.1) is 23.0 Å². The summed E-state index contributed by atoms with van der Waals surface area (Å²) < 4.78 is 1.68. The van der Waals surface area contributed by atoms with Gasteiger partial charge in [0.1, 0.15) is 12.1 Å². The third kappa shape index (κ3) is 4.27. The molecule has 0 bridgehead atoms. The smallest absolute Gasteiger partial charge is 0.259 e. The van der Waals surface area contributed by atoms with Crippen molar-refractivity contribution in [3.63, 3.8) is 0 Å². The molecule has 5 rings (SSSR count). The van der Waals surface area contributed by atoms with Gasteiger partial charge in [-0.15, -0.1) is 0 Å². The first-order valence-corrected chi connectivity index (χ1v) is 10.4. The van der Waals surface area contributed by atoms with Crippen molar-refractivity contribution < 1.29 is 4.79 Å². The second-order valence-corrected chi connectivity index (χ2v) is 7.62. The first-order chi connectivity index (χ1) is 16.1. The van der Waals surface area contributed by atoms with Gasteiger partial charge in [-0.25, -0.2) is 19.6 Å². The number of carbonyl (C=O) groups is 1. The largest absolute Gasteiger partial charge is 0.340 e. The third-order valence-electron chi connectivity index (χ3n) is 5.27. The summed E-state index contributed by atoms with van der Waals surface area (Å²) in [6, 6.07) is 21.1. The molecule has 0 unspecified atom stereocenters. The Morgan fingerprint density at radius 3 is 2.52 bits per heavy atom. The highest BCUT2D eigenvalue weighted by Gasteiger charge is 2.16. The summed E-state index contributed by atoms with van der Waals surface area (Å²) in [5, 5.41) is 11.6. The number of hydrogen-bond acceptors (Lipinski definition) is 6. The molecule has 3 heterocycles. The molecule has 33 heavy (non-hydrogen) atoms. The van der Waals surface area contributed by atoms with Crippen LogP contribution >= 0.6 is 0 Å². The van der Waals surface area contributed by atoms with Crippen LogP contribution < -0.4 is 10.6 Å². The molecule has 0 radical (unpaired) electrons. The average Bonchev–Trinajstić information content (AvgIpc) is 3.21. The lowest BCUT2D eigenvalue weighted by atomic mass is 10.2. The van der Waals surface area contributed by atoms with E-state index >= 15 is 0 Å². The third-order valence-corrected chi connectivity index (χ3v) is 5.27. The molecule has 0 atom stereocenters. The molecule has 0 fully saturated rings. The SMILES string of the molecule is Cc1cc(Nc2ccc(NC(=O)c3cnn(-c4ccc5ccccc5n4)c3C)cc2)ncn1. The van der Waals surface area contributed by atoms with Crippen LogP contribution in [0.1, 0.15) is 21.7 Å². The van der Waals surface area contributed by atoms with Crippen molar-refractivity contribution in [2.75, 3.05) is 10.6 Å². The molecule has 0 aliphatic rings. The molecule has 3 aromatic heterocycles. The minimum absolute atomic E-state index is 0.230. The summed E-state index contributed by atoms with van der Waals surface area (Å²) >= 11 is 0. The van der Waals surface area contributed by atoms with Crippen molar-refractivity contribution in [1.29, 1.82) is 0 Å². The summed E-state index contributed by atoms with van der Waals surface area (Å²) in [5.74, 6) is 1.15. The van der Waals surface area contributed by atoms with Gasteiger partial charge < -0.3 is 10.6 Å². The summed E-state index contributed by atoms with van der Waals surface area (Å²) in [5.41, 5.74) is 4.50. The van der Waals surface area contributed by atoms with Gasteiger partial charge in [-0.05, 0) is 56.3 Å². The molecule has 2 N–H and O–H groups in total. The molecule has 8 heteroatoms. The Hall–Kier alpha value is -4.59. The number of rotatable bonds is 5. The van der Waals surface area contributed by atoms with Gasteiger partial charge in [-0.2, -0.15) is 5.10 Å². The van der Waals surface area contributed by atoms with Crippen LogP contribution in [-0.2, 0) is 0 Å². The van der Waals surface area contributed by atoms with Crippen LogP contribution in [0, 0.1) is 13.8 Å². The Kier molecular flexibility index (Phi) is 5.24. The molecule has 0 spiro atoms. The van der Waals surface area contributed by atoms with E-state index < -0.39 is 0 Å². The van der Waals surface area contributed by atoms with Crippen LogP contribution in [-0.4, -0.2) is 30.6 Å². The van der Waals surface area contributed by atoms with Crippen LogP contribution in [0.15, 0.2) is 79.3 Å². The Balaban J connectivity index is 1.31. The van der Waals surface area contributed by atoms with E-state index in [-0.39, 0.29) is 5.91 Å². The van der Waals surface area contributed by atoms with Crippen LogP contribution in [0.25, 0.3) is 16.7 Å². The Bertz CT molecular complexity index is 1460. The number of amides is 1. The van der Waals surface area contributed by atoms with Gasteiger partial charge in [-0.3, -0.25) is 4.79 Å². The minimum Gasteiger partial charge on any atom is -0.340 e. The number of benzene rings is 2. The Morgan fingerprint density at radius 1 is 0.909 bits per heavy atom. The zero-order valence-corrected chi connectivity index (χ0v) is 18.1. The van der Waals surface area contributed by atoms with Crippen LogP contribution in [0.4, 0.5) is 17.2 Å². The lowest BCUT2D eigenvalue weighted by Gasteiger charge is -2.09. The number of anilines is 3. The number of pyridine rings is 1. The molecule has 0 saturated heterocycles. The summed E-state index contributed by atoms with van der Waals surface area (Å²) in [6.07, 6.45) is 3.08. The van der Waals surface area contributed by atoms with E-state index in [4.69, 9.17) is 0 Å². The summed E-state index contributed by atoms with van der Waals surface area (Å²) in [4.78, 5) is 25.8. The van der Waals surface area contributed by atoms with Gasteiger partial charge >= 0.3 is 0 Å². The van der Waals surface area contributed by atoms with Crippen molar-refractivity contribution in [3.8, 4) is 5.82 Å². The molecular weight excluding hydrogens is 414 g/mol. The van der Waals surface area contributed by atoms with Gasteiger partial charge in [-0.1, -0.05) is 18.2 Å². The molecule has 5 aromatic rings. The van der Waals surface area contributed by atoms with Crippen molar-refractivity contribution in [3.05, 3.63) is 96.2 Å². The quantitative estimate of drug-likeness (QED) is 0.411. The first-order valence-electron chi connectivity index (χ1n) is 10.4. The zero-order chi connectivity index (χ0) is 22.8. The van der Waals surface area contributed by atoms with Crippen molar-refractivity contribution in [2.45, 2.75) is 13.8 Å². The fourth-order valence-corrected chi connectivity index (χ4v) is 3.54. The van der Waals surface area contributed by atoms with Crippen LogP contribution in [0.3, 0.4) is 0 Å². The number of carbonyl (C=O) groups excluding carboxylic acids is 1. The lowest BCUT2D eigenvalue weighted by Crippen LogP contribution is -2.13. The molecule has 1 amide bonds. The summed E-state index contributed by atoms with van der Waals surface area (Å²) in [7, 11) is 0. The number of hydrogen-bond donors (Lipinski definition) is 2. The maximum Gasteiger partial charge on any atom is 0.259 e. The molecule has 0 aliphatic carbocycles. The van der Waals surface area contributed by atoms with E-state index in [0.717, 1.165) is 22.3 Å². The Morgan fingerprint density at radius 2 is 1.70 bits per heavy atom. The second kappa shape index (κ2) is 8.51. The lowest BCUT2D eigenvalue weighted by molar-refractivity contribution is 0.102. The Labute approximate surface area is 190 Å². The van der Waals surface area contributed by atoms with E-state index in [1.165, 1.54) is 6.33 Å². The minimum atomic E-state index is -0.230. The van der Waals surface area contributed by atoms with E-state index in [9.17, 15) is 4.79 Å². The molecule has 162 valence electrons. The fraction of sp³-hybridized carbons (Fsp3) is 0.0800. The summed E-state index contributed by atoms with van der Waals surface area (Å²) in [6.45, 7) is 3.77. The number of nitrogens with zero attached hydrogens (tertiary/aromatic N) is 5. The van der Waals surface area contributed by atoms with Gasteiger partial charge in [0.15, 0.2) is 5.82 Å². The van der Waals surface area contributed by atoms with Gasteiger partial charge in [0, 0.05) is 28.5 Å². The maximum atomic E-state index is 12.9. The molecule has 8 nitrogen and oxygen atoms in total.